The number of rotatable bonds is 8. The number of amides is 2. The van der Waals surface area contributed by atoms with Crippen molar-refractivity contribution in [2.45, 2.75) is 45.3 Å². The minimum Gasteiger partial charge on any atom is -0.352 e. The molecule has 2 aliphatic rings. The molecule has 1 aromatic heterocycles. The third-order valence-corrected chi connectivity index (χ3v) is 7.52. The fourth-order valence-electron chi connectivity index (χ4n) is 4.87. The zero-order chi connectivity index (χ0) is 24.9. The van der Waals surface area contributed by atoms with Crippen molar-refractivity contribution < 1.29 is 14.1 Å². The fourth-order valence-corrected chi connectivity index (χ4v) is 5.13. The second-order valence-corrected chi connectivity index (χ2v) is 10.4. The molecule has 2 saturated heterocycles. The summed E-state index contributed by atoms with van der Waals surface area (Å²) in [7, 11) is 0. The summed E-state index contributed by atoms with van der Waals surface area (Å²) in [6.07, 6.45) is 3.15. The normalized spacial score (nSPS) is 17.0. The molecule has 0 bridgehead atoms. The third kappa shape index (κ3) is 6.02. The summed E-state index contributed by atoms with van der Waals surface area (Å²) in [6.45, 7) is 4.11. The standard InChI is InChI=1S/C27H30BrN5O3/c28-23-9-7-19(8-10-23)26-30-24(36-31-26)18-32-14-11-20(12-15-32)27(35)29-16-21-4-1-2-5-22(21)17-33-13-3-6-25(33)34/h1-2,4-5,7-10,20H,3,6,11-18H2,(H,29,35). The minimum atomic E-state index is -0.00502. The number of halogens is 1. The number of hydrogen-bond donors (Lipinski definition) is 1. The van der Waals surface area contributed by atoms with Gasteiger partial charge in [-0.1, -0.05) is 45.4 Å². The predicted molar refractivity (Wildman–Crippen MR) is 138 cm³/mol. The molecule has 2 amide bonds. The van der Waals surface area contributed by atoms with Crippen LogP contribution in [0.5, 0.6) is 0 Å². The molecule has 9 heteroatoms. The van der Waals surface area contributed by atoms with E-state index in [2.05, 4.69) is 36.3 Å². The first-order valence-electron chi connectivity index (χ1n) is 12.5. The second-order valence-electron chi connectivity index (χ2n) is 9.47. The van der Waals surface area contributed by atoms with Gasteiger partial charge in [-0.2, -0.15) is 4.98 Å². The minimum absolute atomic E-state index is 0.00502. The average Bonchev–Trinajstić information content (AvgIpc) is 3.53. The van der Waals surface area contributed by atoms with Gasteiger partial charge in [-0.05, 0) is 67.7 Å². The molecule has 0 aliphatic carbocycles. The van der Waals surface area contributed by atoms with Crippen LogP contribution in [-0.2, 0) is 29.2 Å². The van der Waals surface area contributed by atoms with Gasteiger partial charge in [-0.25, -0.2) is 0 Å². The van der Waals surface area contributed by atoms with Crippen LogP contribution in [0.15, 0.2) is 57.5 Å². The summed E-state index contributed by atoms with van der Waals surface area (Å²) in [5.74, 6) is 1.47. The van der Waals surface area contributed by atoms with Crippen LogP contribution in [0.1, 0.15) is 42.7 Å². The molecule has 2 aliphatic heterocycles. The van der Waals surface area contributed by atoms with E-state index >= 15 is 0 Å². The number of piperidine rings is 1. The van der Waals surface area contributed by atoms with E-state index < -0.39 is 0 Å². The first-order valence-corrected chi connectivity index (χ1v) is 13.3. The van der Waals surface area contributed by atoms with Gasteiger partial charge in [0, 0.05) is 42.0 Å². The van der Waals surface area contributed by atoms with Gasteiger partial charge in [-0.15, -0.1) is 0 Å². The maximum atomic E-state index is 12.9. The van der Waals surface area contributed by atoms with E-state index in [0.29, 0.717) is 37.8 Å². The van der Waals surface area contributed by atoms with E-state index in [4.69, 9.17) is 4.52 Å². The molecule has 8 nitrogen and oxygen atoms in total. The summed E-state index contributed by atoms with van der Waals surface area (Å²) in [4.78, 5) is 33.6. The summed E-state index contributed by atoms with van der Waals surface area (Å²) >= 11 is 3.43. The average molecular weight is 552 g/mol. The van der Waals surface area contributed by atoms with Crippen LogP contribution in [-0.4, -0.2) is 51.4 Å². The van der Waals surface area contributed by atoms with Gasteiger partial charge in [0.05, 0.1) is 6.54 Å². The molecule has 1 N–H and O–H groups in total. The van der Waals surface area contributed by atoms with E-state index in [0.717, 1.165) is 60.1 Å². The maximum absolute atomic E-state index is 12.9. The molecule has 0 unspecified atom stereocenters. The Morgan fingerprint density at radius 2 is 1.78 bits per heavy atom. The van der Waals surface area contributed by atoms with Crippen molar-refractivity contribution in [3.05, 3.63) is 70.0 Å². The highest BCUT2D eigenvalue weighted by atomic mass is 79.9. The number of benzene rings is 2. The smallest absolute Gasteiger partial charge is 0.241 e. The zero-order valence-corrected chi connectivity index (χ0v) is 21.7. The first kappa shape index (κ1) is 24.6. The van der Waals surface area contributed by atoms with E-state index in [1.165, 1.54) is 0 Å². The number of nitrogens with one attached hydrogen (secondary N) is 1. The van der Waals surface area contributed by atoms with E-state index in [-0.39, 0.29) is 17.7 Å². The predicted octanol–water partition coefficient (Wildman–Crippen LogP) is 4.15. The van der Waals surface area contributed by atoms with Crippen LogP contribution in [0.4, 0.5) is 0 Å². The lowest BCUT2D eigenvalue weighted by Gasteiger charge is -2.30. The molecule has 3 aromatic rings. The third-order valence-electron chi connectivity index (χ3n) is 6.99. The Morgan fingerprint density at radius 3 is 2.50 bits per heavy atom. The van der Waals surface area contributed by atoms with E-state index in [9.17, 15) is 9.59 Å². The highest BCUT2D eigenvalue weighted by Gasteiger charge is 2.26. The van der Waals surface area contributed by atoms with Crippen LogP contribution in [0.25, 0.3) is 11.4 Å². The van der Waals surface area contributed by atoms with Crippen LogP contribution >= 0.6 is 15.9 Å². The van der Waals surface area contributed by atoms with Crippen LogP contribution < -0.4 is 5.32 Å². The van der Waals surface area contributed by atoms with Crippen LogP contribution in [0.2, 0.25) is 0 Å². The van der Waals surface area contributed by atoms with Gasteiger partial charge in [0.15, 0.2) is 0 Å². The number of nitrogens with zero attached hydrogens (tertiary/aromatic N) is 4. The Hall–Kier alpha value is -3.04. The number of aromatic nitrogens is 2. The monoisotopic (exact) mass is 551 g/mol. The zero-order valence-electron chi connectivity index (χ0n) is 20.2. The van der Waals surface area contributed by atoms with Crippen molar-refractivity contribution in [3.8, 4) is 11.4 Å². The fraction of sp³-hybridized carbons (Fsp3) is 0.407. The Morgan fingerprint density at radius 1 is 1.03 bits per heavy atom. The largest absolute Gasteiger partial charge is 0.352 e. The van der Waals surface area contributed by atoms with Gasteiger partial charge in [-0.3, -0.25) is 14.5 Å². The molecule has 5 rings (SSSR count). The van der Waals surface area contributed by atoms with Crippen LogP contribution in [0.3, 0.4) is 0 Å². The lowest BCUT2D eigenvalue weighted by molar-refractivity contribution is -0.128. The number of carbonyl (C=O) groups excluding carboxylic acids is 2. The van der Waals surface area contributed by atoms with Gasteiger partial charge in [0.1, 0.15) is 0 Å². The van der Waals surface area contributed by atoms with Gasteiger partial charge in [0.25, 0.3) is 0 Å². The molecule has 2 fully saturated rings. The summed E-state index contributed by atoms with van der Waals surface area (Å²) in [6, 6.07) is 15.9. The quantitative estimate of drug-likeness (QED) is 0.452. The Balaban J connectivity index is 1.09. The highest BCUT2D eigenvalue weighted by molar-refractivity contribution is 9.10. The highest BCUT2D eigenvalue weighted by Crippen LogP contribution is 2.22. The Kier molecular flexibility index (Phi) is 7.77. The first-order chi connectivity index (χ1) is 17.5. The Labute approximate surface area is 219 Å². The van der Waals surface area contributed by atoms with E-state index in [1.54, 1.807) is 0 Å². The van der Waals surface area contributed by atoms with Crippen molar-refractivity contribution in [1.29, 1.82) is 0 Å². The SMILES string of the molecule is O=C(NCc1ccccc1CN1CCCC1=O)C1CCN(Cc2nc(-c3ccc(Br)cc3)no2)CC1. The van der Waals surface area contributed by atoms with Gasteiger partial charge < -0.3 is 14.7 Å². The molecule has 2 aromatic carbocycles. The van der Waals surface area contributed by atoms with Crippen molar-refractivity contribution in [3.63, 3.8) is 0 Å². The topological polar surface area (TPSA) is 91.6 Å². The summed E-state index contributed by atoms with van der Waals surface area (Å²) in [5, 5.41) is 7.24. The van der Waals surface area contributed by atoms with Crippen molar-refractivity contribution in [1.82, 2.24) is 25.3 Å². The molecule has 0 spiro atoms. The van der Waals surface area contributed by atoms with E-state index in [1.807, 2.05) is 53.4 Å². The number of carbonyl (C=O) groups is 2. The van der Waals surface area contributed by atoms with Crippen molar-refractivity contribution in [2.24, 2.45) is 5.92 Å². The van der Waals surface area contributed by atoms with Crippen molar-refractivity contribution >= 4 is 27.7 Å². The summed E-state index contributed by atoms with van der Waals surface area (Å²) in [5.41, 5.74) is 3.09. The molecule has 0 radical (unpaired) electrons. The summed E-state index contributed by atoms with van der Waals surface area (Å²) < 4.78 is 6.47. The number of likely N-dealkylation sites (tertiary alicyclic amines) is 2. The van der Waals surface area contributed by atoms with Crippen LogP contribution in [0, 0.1) is 5.92 Å². The molecule has 0 saturated carbocycles. The van der Waals surface area contributed by atoms with Gasteiger partial charge in [0.2, 0.25) is 23.5 Å². The molecule has 0 atom stereocenters. The Bertz CT molecular complexity index is 1200. The second kappa shape index (κ2) is 11.3. The lowest BCUT2D eigenvalue weighted by Crippen LogP contribution is -2.40. The number of hydrogen-bond acceptors (Lipinski definition) is 6. The molecular weight excluding hydrogens is 522 g/mol. The maximum Gasteiger partial charge on any atom is 0.241 e. The molecule has 188 valence electrons. The molecular formula is C27H30BrN5O3. The molecule has 36 heavy (non-hydrogen) atoms. The van der Waals surface area contributed by atoms with Gasteiger partial charge >= 0.3 is 0 Å². The lowest BCUT2D eigenvalue weighted by atomic mass is 9.95. The molecule has 3 heterocycles. The van der Waals surface area contributed by atoms with Crippen molar-refractivity contribution in [2.75, 3.05) is 19.6 Å².